The number of rotatable bonds is 7. The van der Waals surface area contributed by atoms with Gasteiger partial charge in [0.05, 0.1) is 5.69 Å². The quantitative estimate of drug-likeness (QED) is 0.117. The number of benzene rings is 10. The Morgan fingerprint density at radius 2 is 0.770 bits per heavy atom. The molecule has 0 aliphatic heterocycles. The van der Waals surface area contributed by atoms with Crippen LogP contribution < -0.4 is 9.80 Å². The summed E-state index contributed by atoms with van der Waals surface area (Å²) in [6.45, 7) is 0. The van der Waals surface area contributed by atoms with Crippen molar-refractivity contribution in [3.8, 4) is 22.3 Å². The second kappa shape index (κ2) is 14.7. The maximum Gasteiger partial charge on any atom is 0.0546 e. The van der Waals surface area contributed by atoms with E-state index in [2.05, 4.69) is 193 Å². The van der Waals surface area contributed by atoms with Gasteiger partial charge in [0.1, 0.15) is 0 Å². The lowest BCUT2D eigenvalue weighted by Gasteiger charge is -2.31. The molecule has 0 atom stereocenters. The highest BCUT2D eigenvalue weighted by Crippen LogP contribution is 2.53. The van der Waals surface area contributed by atoms with Gasteiger partial charge in [-0.15, -0.1) is 0 Å². The number of hydrogen-bond acceptors (Lipinski definition) is 2. The number of fused-ring (bicyclic) bond motifs is 4. The SMILES string of the molecule is CN(c1ccc2c(c1)CCCC2)c1cc(-c2ccccc2)c2c3cccc4c(N(c5ccccc5)c5ccc6c(c5)CCCC6)cc(-c5ccccc5)c(c5cccc1c52)c43. The van der Waals surface area contributed by atoms with Gasteiger partial charge in [-0.25, -0.2) is 0 Å². The summed E-state index contributed by atoms with van der Waals surface area (Å²) in [4.78, 5) is 4.97. The molecule has 2 nitrogen and oxygen atoms in total. The predicted molar refractivity (Wildman–Crippen MR) is 261 cm³/mol. The van der Waals surface area contributed by atoms with Crippen molar-refractivity contribution < 1.29 is 0 Å². The molecular formula is C59H48N2. The first-order valence-corrected chi connectivity index (χ1v) is 22.3. The van der Waals surface area contributed by atoms with Crippen molar-refractivity contribution in [2.75, 3.05) is 16.8 Å². The molecule has 294 valence electrons. The van der Waals surface area contributed by atoms with Crippen molar-refractivity contribution in [1.29, 1.82) is 0 Å². The minimum atomic E-state index is 1.14. The summed E-state index contributed by atoms with van der Waals surface area (Å²) >= 11 is 0. The van der Waals surface area contributed by atoms with E-state index in [0.29, 0.717) is 0 Å². The Morgan fingerprint density at radius 3 is 1.33 bits per heavy atom. The minimum Gasteiger partial charge on any atom is -0.344 e. The van der Waals surface area contributed by atoms with Crippen LogP contribution in [-0.4, -0.2) is 7.05 Å². The molecule has 10 aromatic carbocycles. The van der Waals surface area contributed by atoms with Crippen LogP contribution in [0.3, 0.4) is 0 Å². The van der Waals surface area contributed by atoms with Gasteiger partial charge in [0, 0.05) is 51.3 Å². The molecule has 0 amide bonds. The summed E-state index contributed by atoms with van der Waals surface area (Å²) < 4.78 is 0. The number of hydrogen-bond donors (Lipinski definition) is 0. The van der Waals surface area contributed by atoms with Gasteiger partial charge >= 0.3 is 0 Å². The molecule has 2 heteroatoms. The third-order valence-corrected chi connectivity index (χ3v) is 13.9. The summed E-state index contributed by atoms with van der Waals surface area (Å²) in [6.07, 6.45) is 9.73. The lowest BCUT2D eigenvalue weighted by molar-refractivity contribution is 0.685. The third-order valence-electron chi connectivity index (χ3n) is 13.9. The van der Waals surface area contributed by atoms with Crippen LogP contribution in [0.4, 0.5) is 28.4 Å². The van der Waals surface area contributed by atoms with E-state index in [9.17, 15) is 0 Å². The number of para-hydroxylation sites is 1. The molecule has 0 saturated heterocycles. The third kappa shape index (κ3) is 5.92. The fourth-order valence-electron chi connectivity index (χ4n) is 11.0. The molecule has 0 bridgehead atoms. The molecule has 0 heterocycles. The molecule has 61 heavy (non-hydrogen) atoms. The second-order valence-electron chi connectivity index (χ2n) is 17.4. The van der Waals surface area contributed by atoms with Crippen LogP contribution in [0, 0.1) is 0 Å². The fraction of sp³-hybridized carbons (Fsp3) is 0.153. The van der Waals surface area contributed by atoms with Crippen LogP contribution in [0.1, 0.15) is 47.9 Å². The number of nitrogens with zero attached hydrogens (tertiary/aromatic N) is 2. The molecule has 0 saturated carbocycles. The second-order valence-corrected chi connectivity index (χ2v) is 17.4. The number of aryl methyl sites for hydroxylation is 4. The van der Waals surface area contributed by atoms with Crippen LogP contribution >= 0.6 is 0 Å². The zero-order chi connectivity index (χ0) is 40.4. The monoisotopic (exact) mass is 784 g/mol. The van der Waals surface area contributed by atoms with Crippen molar-refractivity contribution in [2.45, 2.75) is 51.4 Å². The Morgan fingerprint density at radius 1 is 0.328 bits per heavy atom. The van der Waals surface area contributed by atoms with E-state index in [0.717, 1.165) is 18.5 Å². The van der Waals surface area contributed by atoms with Crippen LogP contribution in [0.15, 0.2) is 176 Å². The highest BCUT2D eigenvalue weighted by Gasteiger charge is 2.26. The lowest BCUT2D eigenvalue weighted by atomic mass is 9.82. The zero-order valence-electron chi connectivity index (χ0n) is 34.8. The minimum absolute atomic E-state index is 1.14. The Hall–Kier alpha value is -6.90. The van der Waals surface area contributed by atoms with Crippen molar-refractivity contribution in [3.05, 3.63) is 198 Å². The summed E-state index contributed by atoms with van der Waals surface area (Å²) in [5.41, 5.74) is 17.0. The van der Waals surface area contributed by atoms with Crippen molar-refractivity contribution in [3.63, 3.8) is 0 Å². The molecular weight excluding hydrogens is 737 g/mol. The maximum atomic E-state index is 2.52. The van der Waals surface area contributed by atoms with Gasteiger partial charge in [-0.05, 0) is 166 Å². The standard InChI is InChI=1S/C59H48N2/c1-60(46-33-31-39-17-11-13-23-43(39)35-46)54-37-52(41-19-5-2-6-20-41)58-51-30-16-28-49-55(61(45-25-9-4-10-26-45)47-34-32-40-18-12-14-24-44(40)36-47)38-53(42-21-7-3-8-22-42)59(57(49)51)50-29-15-27-48(54)56(50)58/h2-10,15-16,19-22,25-38H,11-14,17-18,23-24H2,1H3. The average Bonchev–Trinajstić information content (AvgIpc) is 3.33. The highest BCUT2D eigenvalue weighted by atomic mass is 15.1. The molecule has 2 aliphatic rings. The molecule has 0 fully saturated rings. The first-order chi connectivity index (χ1) is 30.2. The average molecular weight is 785 g/mol. The molecule has 0 spiro atoms. The molecule has 2 aliphatic carbocycles. The maximum absolute atomic E-state index is 2.52. The van der Waals surface area contributed by atoms with Gasteiger partial charge in [0.15, 0.2) is 0 Å². The topological polar surface area (TPSA) is 6.48 Å². The predicted octanol–water partition coefficient (Wildman–Crippen LogP) is 16.1. The molecule has 0 radical (unpaired) electrons. The van der Waals surface area contributed by atoms with Gasteiger partial charge in [-0.1, -0.05) is 127 Å². The summed E-state index contributed by atoms with van der Waals surface area (Å²) in [6, 6.07) is 66.6. The van der Waals surface area contributed by atoms with E-state index in [1.165, 1.54) is 149 Å². The molecule has 10 aromatic rings. The molecule has 12 rings (SSSR count). The van der Waals surface area contributed by atoms with Gasteiger partial charge in [-0.3, -0.25) is 0 Å². The van der Waals surface area contributed by atoms with E-state index in [4.69, 9.17) is 0 Å². The zero-order valence-corrected chi connectivity index (χ0v) is 34.8. The van der Waals surface area contributed by atoms with E-state index < -0.39 is 0 Å². The van der Waals surface area contributed by atoms with Gasteiger partial charge in [-0.2, -0.15) is 0 Å². The van der Waals surface area contributed by atoms with Gasteiger partial charge < -0.3 is 9.80 Å². The van der Waals surface area contributed by atoms with E-state index >= 15 is 0 Å². The van der Waals surface area contributed by atoms with Crippen molar-refractivity contribution in [2.24, 2.45) is 0 Å². The summed E-state index contributed by atoms with van der Waals surface area (Å²) in [5, 5.41) is 10.4. The van der Waals surface area contributed by atoms with Gasteiger partial charge in [0.25, 0.3) is 0 Å². The smallest absolute Gasteiger partial charge is 0.0546 e. The van der Waals surface area contributed by atoms with E-state index in [1.54, 1.807) is 0 Å². The van der Waals surface area contributed by atoms with E-state index in [-0.39, 0.29) is 0 Å². The largest absolute Gasteiger partial charge is 0.344 e. The number of anilines is 5. The molecule has 0 unspecified atom stereocenters. The first kappa shape index (κ1) is 36.0. The Kier molecular flexibility index (Phi) is 8.66. The Bertz CT molecular complexity index is 3260. The molecule has 0 N–H and O–H groups in total. The van der Waals surface area contributed by atoms with Gasteiger partial charge in [0.2, 0.25) is 0 Å². The van der Waals surface area contributed by atoms with Crippen LogP contribution in [0.5, 0.6) is 0 Å². The Balaban J connectivity index is 1.21. The van der Waals surface area contributed by atoms with E-state index in [1.807, 2.05) is 0 Å². The fourth-order valence-corrected chi connectivity index (χ4v) is 11.0. The van der Waals surface area contributed by atoms with Crippen LogP contribution in [0.25, 0.3) is 65.3 Å². The molecule has 0 aromatic heterocycles. The van der Waals surface area contributed by atoms with Crippen LogP contribution in [0.2, 0.25) is 0 Å². The Labute approximate surface area is 358 Å². The van der Waals surface area contributed by atoms with Crippen molar-refractivity contribution in [1.82, 2.24) is 0 Å². The summed E-state index contributed by atoms with van der Waals surface area (Å²) in [7, 11) is 2.27. The lowest BCUT2D eigenvalue weighted by Crippen LogP contribution is -2.13. The summed E-state index contributed by atoms with van der Waals surface area (Å²) in [5.74, 6) is 0. The van der Waals surface area contributed by atoms with Crippen molar-refractivity contribution >= 4 is 71.5 Å². The van der Waals surface area contributed by atoms with Crippen LogP contribution in [-0.2, 0) is 25.7 Å². The first-order valence-electron chi connectivity index (χ1n) is 22.3. The highest BCUT2D eigenvalue weighted by molar-refractivity contribution is 6.40. The normalized spacial score (nSPS) is 13.8.